The van der Waals surface area contributed by atoms with Crippen molar-refractivity contribution in [3.63, 3.8) is 0 Å². The largest absolute Gasteiger partial charge is 0.444 e. The van der Waals surface area contributed by atoms with E-state index in [1.165, 1.54) is 0 Å². The molecule has 1 saturated heterocycles. The van der Waals surface area contributed by atoms with Crippen molar-refractivity contribution in [2.24, 2.45) is 0 Å². The van der Waals surface area contributed by atoms with Crippen LogP contribution in [0.4, 0.5) is 4.79 Å². The van der Waals surface area contributed by atoms with Crippen LogP contribution in [0.25, 0.3) is 0 Å². The van der Waals surface area contributed by atoms with Crippen LogP contribution in [-0.2, 0) is 9.30 Å². The molecule has 0 aromatic rings. The fourth-order valence-electron chi connectivity index (χ4n) is 2.30. The van der Waals surface area contributed by atoms with Crippen molar-refractivity contribution >= 4 is 13.2 Å². The van der Waals surface area contributed by atoms with E-state index in [4.69, 9.17) is 4.74 Å². The summed E-state index contributed by atoms with van der Waals surface area (Å²) in [6.45, 7) is 10.6. The molecule has 0 aromatic carbocycles. The maximum Gasteiger partial charge on any atom is 0.410 e. The Labute approximate surface area is 117 Å². The first kappa shape index (κ1) is 16.6. The maximum atomic E-state index is 12.3. The van der Waals surface area contributed by atoms with Crippen molar-refractivity contribution in [3.8, 4) is 0 Å². The van der Waals surface area contributed by atoms with Gasteiger partial charge < -0.3 is 14.2 Å². The first-order chi connectivity index (χ1) is 8.59. The van der Waals surface area contributed by atoms with Crippen LogP contribution in [0.15, 0.2) is 0 Å². The van der Waals surface area contributed by atoms with Gasteiger partial charge in [0.2, 0.25) is 0 Å². The van der Waals surface area contributed by atoms with E-state index >= 15 is 0 Å². The lowest BCUT2D eigenvalue weighted by Gasteiger charge is -2.33. The number of carbonyl (C=O) groups excluding carboxylic acids is 1. The van der Waals surface area contributed by atoms with Gasteiger partial charge in [0.25, 0.3) is 0 Å². The van der Waals surface area contributed by atoms with Gasteiger partial charge in [-0.05, 0) is 46.9 Å². The molecule has 0 bridgehead atoms. The number of nitrogens with zero attached hydrogens (tertiary/aromatic N) is 1. The third-order valence-corrected chi connectivity index (χ3v) is 5.61. The van der Waals surface area contributed by atoms with Gasteiger partial charge in [-0.25, -0.2) is 4.79 Å². The van der Waals surface area contributed by atoms with Crippen LogP contribution in [0, 0.1) is 0 Å². The van der Waals surface area contributed by atoms with Gasteiger partial charge >= 0.3 is 6.09 Å². The highest BCUT2D eigenvalue weighted by Gasteiger charge is 2.30. The smallest absolute Gasteiger partial charge is 0.410 e. The molecule has 0 spiro atoms. The second-order valence-electron chi connectivity index (χ2n) is 6.86. The number of rotatable bonds is 1. The third kappa shape index (κ3) is 5.99. The van der Waals surface area contributed by atoms with Gasteiger partial charge in [0, 0.05) is 18.7 Å². The van der Waals surface area contributed by atoms with Gasteiger partial charge in [-0.15, -0.1) is 0 Å². The van der Waals surface area contributed by atoms with Crippen molar-refractivity contribution in [3.05, 3.63) is 0 Å². The van der Waals surface area contributed by atoms with E-state index in [1.807, 2.05) is 34.1 Å². The van der Waals surface area contributed by atoms with Gasteiger partial charge in [0.1, 0.15) is 5.60 Å². The van der Waals surface area contributed by atoms with Crippen LogP contribution in [0.5, 0.6) is 0 Å². The predicted octanol–water partition coefficient (Wildman–Crippen LogP) is 3.79. The average molecular weight is 289 g/mol. The number of amides is 1. The van der Waals surface area contributed by atoms with Crippen molar-refractivity contribution in [1.29, 1.82) is 0 Å². The first-order valence-corrected chi connectivity index (χ1v) is 9.79. The third-order valence-electron chi connectivity index (χ3n) is 3.43. The van der Waals surface area contributed by atoms with Crippen LogP contribution in [0.1, 0.15) is 46.5 Å². The SMILES string of the molecule is CC(C)(C)OC(=O)N1CCCCCC(P(C)(C)=O)C1. The minimum Gasteiger partial charge on any atom is -0.444 e. The molecule has 1 fully saturated rings. The zero-order chi connectivity index (χ0) is 14.7. The summed E-state index contributed by atoms with van der Waals surface area (Å²) in [7, 11) is -2.17. The summed E-state index contributed by atoms with van der Waals surface area (Å²) in [4.78, 5) is 13.9. The topological polar surface area (TPSA) is 46.6 Å². The Morgan fingerprint density at radius 1 is 1.21 bits per heavy atom. The summed E-state index contributed by atoms with van der Waals surface area (Å²) in [5.74, 6) is 0. The lowest BCUT2D eigenvalue weighted by atomic mass is 10.1. The van der Waals surface area contributed by atoms with Gasteiger partial charge in [-0.3, -0.25) is 0 Å². The highest BCUT2D eigenvalue weighted by atomic mass is 31.2. The fourth-order valence-corrected chi connectivity index (χ4v) is 3.69. The molecule has 1 amide bonds. The van der Waals surface area contributed by atoms with E-state index in [9.17, 15) is 9.36 Å². The van der Waals surface area contributed by atoms with E-state index in [-0.39, 0.29) is 11.8 Å². The van der Waals surface area contributed by atoms with Crippen molar-refractivity contribution < 1.29 is 14.1 Å². The molecule has 112 valence electrons. The maximum absolute atomic E-state index is 12.3. The molecule has 1 heterocycles. The Hall–Kier alpha value is -0.500. The Kier molecular flexibility index (Phi) is 5.49. The molecule has 5 heteroatoms. The normalized spacial score (nSPS) is 22.6. The predicted molar refractivity (Wildman–Crippen MR) is 79.5 cm³/mol. The van der Waals surface area contributed by atoms with Crippen LogP contribution < -0.4 is 0 Å². The number of likely N-dealkylation sites (tertiary alicyclic amines) is 1. The zero-order valence-electron chi connectivity index (χ0n) is 12.9. The highest BCUT2D eigenvalue weighted by molar-refractivity contribution is 7.63. The van der Waals surface area contributed by atoms with Crippen LogP contribution in [0.3, 0.4) is 0 Å². The van der Waals surface area contributed by atoms with E-state index in [1.54, 1.807) is 4.90 Å². The summed E-state index contributed by atoms with van der Waals surface area (Å²) in [6.07, 6.45) is 3.88. The second-order valence-corrected chi connectivity index (χ2v) is 10.5. The molecule has 1 aliphatic rings. The molecule has 0 aliphatic carbocycles. The second kappa shape index (κ2) is 6.30. The Balaban J connectivity index is 2.74. The van der Waals surface area contributed by atoms with Gasteiger partial charge in [0.05, 0.1) is 7.14 Å². The number of hydrogen-bond donors (Lipinski definition) is 0. The Morgan fingerprint density at radius 3 is 2.37 bits per heavy atom. The molecule has 1 aliphatic heterocycles. The highest BCUT2D eigenvalue weighted by Crippen LogP contribution is 2.45. The molecule has 1 rings (SSSR count). The molecule has 4 nitrogen and oxygen atoms in total. The van der Waals surface area contributed by atoms with E-state index in [0.717, 1.165) is 25.7 Å². The van der Waals surface area contributed by atoms with Gasteiger partial charge in [-0.1, -0.05) is 12.8 Å². The van der Waals surface area contributed by atoms with E-state index in [0.29, 0.717) is 13.1 Å². The number of carbonyl (C=O) groups is 1. The van der Waals surface area contributed by atoms with E-state index in [2.05, 4.69) is 0 Å². The molecular weight excluding hydrogens is 261 g/mol. The summed E-state index contributed by atoms with van der Waals surface area (Å²) >= 11 is 0. The standard InChI is InChI=1S/C14H28NO3P/c1-14(2,3)18-13(16)15-10-8-6-7-9-12(11-15)19(4,5)17/h12H,6-11H2,1-5H3. The fraction of sp³-hybridized carbons (Fsp3) is 0.929. The quantitative estimate of drug-likeness (QED) is 0.690. The van der Waals surface area contributed by atoms with Crippen LogP contribution in [0.2, 0.25) is 0 Å². The van der Waals surface area contributed by atoms with Gasteiger partial charge in [0.15, 0.2) is 0 Å². The van der Waals surface area contributed by atoms with Gasteiger partial charge in [-0.2, -0.15) is 0 Å². The van der Waals surface area contributed by atoms with Crippen molar-refractivity contribution in [2.75, 3.05) is 26.4 Å². The Bertz CT molecular complexity index is 356. The molecule has 1 atom stereocenters. The van der Waals surface area contributed by atoms with Crippen molar-refractivity contribution in [1.82, 2.24) is 4.90 Å². The zero-order valence-corrected chi connectivity index (χ0v) is 13.8. The minimum atomic E-state index is -2.17. The first-order valence-electron chi connectivity index (χ1n) is 7.12. The Morgan fingerprint density at radius 2 is 1.84 bits per heavy atom. The lowest BCUT2D eigenvalue weighted by molar-refractivity contribution is 0.0238. The lowest BCUT2D eigenvalue weighted by Crippen LogP contribution is -2.42. The molecule has 0 saturated carbocycles. The molecule has 0 radical (unpaired) electrons. The summed E-state index contributed by atoms with van der Waals surface area (Å²) in [6, 6.07) is 0. The van der Waals surface area contributed by atoms with E-state index < -0.39 is 12.7 Å². The summed E-state index contributed by atoms with van der Waals surface area (Å²) in [5, 5.41) is 0. The summed E-state index contributed by atoms with van der Waals surface area (Å²) < 4.78 is 17.7. The molecular formula is C14H28NO3P. The average Bonchev–Trinajstić information content (AvgIpc) is 2.11. The minimum absolute atomic E-state index is 0.111. The monoisotopic (exact) mass is 289 g/mol. The van der Waals surface area contributed by atoms with Crippen molar-refractivity contribution in [2.45, 2.75) is 57.7 Å². The molecule has 0 N–H and O–H groups in total. The number of hydrogen-bond acceptors (Lipinski definition) is 3. The molecule has 0 aromatic heterocycles. The summed E-state index contributed by atoms with van der Waals surface area (Å²) in [5.41, 5.74) is -0.364. The molecule has 19 heavy (non-hydrogen) atoms. The number of ether oxygens (including phenoxy) is 1. The molecule has 1 unspecified atom stereocenters. The van der Waals surface area contributed by atoms with Crippen LogP contribution in [-0.4, -0.2) is 48.7 Å². The van der Waals surface area contributed by atoms with Crippen LogP contribution >= 0.6 is 7.14 Å².